The first-order valence-electron chi connectivity index (χ1n) is 1.97. The van der Waals surface area contributed by atoms with Crippen LogP contribution in [0.25, 0.3) is 0 Å². The van der Waals surface area contributed by atoms with Gasteiger partial charge in [0, 0.05) is 19.5 Å². The zero-order chi connectivity index (χ0) is 5.11. The molecule has 0 atom stereocenters. The van der Waals surface area contributed by atoms with E-state index < -0.39 is 0 Å². The molecule has 0 saturated carbocycles. The van der Waals surface area contributed by atoms with Gasteiger partial charge >= 0.3 is 0 Å². The fourth-order valence-electron chi connectivity index (χ4n) is 0.347. The molecule has 0 unspecified atom stereocenters. The van der Waals surface area contributed by atoms with Crippen molar-refractivity contribution in [2.45, 2.75) is 0 Å². The monoisotopic (exact) mass is 192 g/mol. The molecule has 4 heteroatoms. The van der Waals surface area contributed by atoms with Gasteiger partial charge < -0.3 is 10.5 Å². The van der Waals surface area contributed by atoms with Crippen molar-refractivity contribution in [1.82, 2.24) is 4.98 Å². The molecule has 0 aliphatic carbocycles. The van der Waals surface area contributed by atoms with Crippen molar-refractivity contribution in [1.29, 1.82) is 0 Å². The molecule has 46 valence electrons. The van der Waals surface area contributed by atoms with Gasteiger partial charge in [0.1, 0.15) is 0 Å². The van der Waals surface area contributed by atoms with Crippen molar-refractivity contribution < 1.29 is 25.0 Å². The van der Waals surface area contributed by atoms with E-state index in [-0.39, 0.29) is 25.0 Å². The summed E-state index contributed by atoms with van der Waals surface area (Å²) in [5.74, 6) is 0. The van der Waals surface area contributed by atoms with Crippen molar-refractivity contribution in [2.24, 2.45) is 0 Å². The minimum Gasteiger partial charge on any atom is -0.655 e. The number of hydrogen-bond donors (Lipinski definition) is 0. The van der Waals surface area contributed by atoms with Gasteiger partial charge in [-0.05, 0) is 0 Å². The Hall–Kier alpha value is -0.0466. The van der Waals surface area contributed by atoms with E-state index in [0.29, 0.717) is 4.64 Å². The number of hydrogen-bond acceptors (Lipinski definition) is 1. The quantitative estimate of drug-likeness (QED) is 0.446. The van der Waals surface area contributed by atoms with E-state index >= 15 is 0 Å². The zero-order valence-corrected chi connectivity index (χ0v) is 8.66. The Morgan fingerprint density at radius 3 is 2.22 bits per heavy atom. The summed E-state index contributed by atoms with van der Waals surface area (Å²) in [6.45, 7) is 0. The Bertz CT molecular complexity index is 183. The van der Waals surface area contributed by atoms with Gasteiger partial charge in [-0.3, -0.25) is 0 Å². The molecular weight excluding hydrogens is 188 g/mol. The summed E-state index contributed by atoms with van der Waals surface area (Å²) in [4.78, 5) is 3.79. The third-order valence-electron chi connectivity index (χ3n) is 0.638. The maximum Gasteiger partial charge on any atom is 0 e. The summed E-state index contributed by atoms with van der Waals surface area (Å²) in [6.07, 6.45) is 1.68. The molecule has 0 spiro atoms. The van der Waals surface area contributed by atoms with Crippen LogP contribution in [0.4, 0.5) is 0 Å². The van der Waals surface area contributed by atoms with Crippen molar-refractivity contribution in [3.63, 3.8) is 0 Å². The molecule has 0 bridgehead atoms. The topological polar surface area (TPSA) is 45.6 Å². The van der Waals surface area contributed by atoms with E-state index in [1.165, 1.54) is 0 Å². The fourth-order valence-corrected chi connectivity index (χ4v) is 0.487. The van der Waals surface area contributed by atoms with Gasteiger partial charge in [0.15, 0.2) is 0 Å². The average molecular weight is 194 g/mol. The molecule has 0 fully saturated rings. The Morgan fingerprint density at radius 2 is 2.00 bits per heavy atom. The predicted octanol–water partition coefficient (Wildman–Crippen LogP) is 0.546. The van der Waals surface area contributed by atoms with Crippen LogP contribution in [0.1, 0.15) is 0 Å². The van der Waals surface area contributed by atoms with E-state index in [2.05, 4.69) is 4.98 Å². The van der Waals surface area contributed by atoms with Gasteiger partial charge in [-0.2, -0.15) is 6.20 Å². The summed E-state index contributed by atoms with van der Waals surface area (Å²) < 4.78 is 0.655. The molecular formula is C5H6NOSZn-. The molecule has 0 radical (unpaired) electrons. The normalized spacial score (nSPS) is 6.67. The molecule has 1 aromatic heterocycles. The summed E-state index contributed by atoms with van der Waals surface area (Å²) in [5.41, 5.74) is 0. The molecule has 0 aliphatic rings. The van der Waals surface area contributed by atoms with Gasteiger partial charge in [0.2, 0.25) is 0 Å². The summed E-state index contributed by atoms with van der Waals surface area (Å²) >= 11 is 4.70. The average Bonchev–Trinajstić information content (AvgIpc) is 1.69. The van der Waals surface area contributed by atoms with Crippen molar-refractivity contribution in [2.75, 3.05) is 0 Å². The predicted molar refractivity (Wildman–Crippen MR) is 34.2 cm³/mol. The Morgan fingerprint density at radius 1 is 1.33 bits per heavy atom. The molecule has 1 rings (SSSR count). The Labute approximate surface area is 71.4 Å². The number of aromatic nitrogens is 1. The fraction of sp³-hybridized carbons (Fsp3) is 0. The molecule has 1 aromatic rings. The maximum absolute atomic E-state index is 4.70. The van der Waals surface area contributed by atoms with E-state index in [1.54, 1.807) is 12.3 Å². The third-order valence-corrected chi connectivity index (χ3v) is 0.879. The molecule has 9 heavy (non-hydrogen) atoms. The zero-order valence-electron chi connectivity index (χ0n) is 4.87. The van der Waals surface area contributed by atoms with Crippen molar-refractivity contribution in [3.8, 4) is 0 Å². The van der Waals surface area contributed by atoms with Gasteiger partial charge in [0.05, 0.1) is 0 Å². The standard InChI is InChI=1S/C5H5NS.H2O.Zn/c7-5-3-1-2-4-6-5;;/h1-4H,(H,6,7);1H2;/p-1. The number of rotatable bonds is 0. The first-order valence-corrected chi connectivity index (χ1v) is 2.38. The Balaban J connectivity index is 0. The Kier molecular flexibility index (Phi) is 7.91. The van der Waals surface area contributed by atoms with Gasteiger partial charge in [-0.1, -0.05) is 22.8 Å². The van der Waals surface area contributed by atoms with E-state index in [0.717, 1.165) is 0 Å². The van der Waals surface area contributed by atoms with Crippen LogP contribution in [0, 0.1) is 4.64 Å². The summed E-state index contributed by atoms with van der Waals surface area (Å²) in [5, 5.41) is 0. The molecule has 1 heterocycles. The summed E-state index contributed by atoms with van der Waals surface area (Å²) in [7, 11) is 0. The second-order valence-electron chi connectivity index (χ2n) is 1.17. The van der Waals surface area contributed by atoms with Gasteiger partial charge in [0.25, 0.3) is 0 Å². The smallest absolute Gasteiger partial charge is 0 e. The van der Waals surface area contributed by atoms with Gasteiger partial charge in [-0.25, -0.2) is 0 Å². The third kappa shape index (κ3) is 4.46. The second kappa shape index (κ2) is 6.08. The minimum absolute atomic E-state index is 0. The van der Waals surface area contributed by atoms with Crippen molar-refractivity contribution in [3.05, 3.63) is 29.0 Å². The second-order valence-corrected chi connectivity index (χ2v) is 1.59. The van der Waals surface area contributed by atoms with Crippen LogP contribution in [0.5, 0.6) is 0 Å². The van der Waals surface area contributed by atoms with Crippen LogP contribution in [0.15, 0.2) is 24.4 Å². The number of nitrogens with zero attached hydrogens (tertiary/aromatic N) is 1. The number of pyridine rings is 1. The molecule has 0 amide bonds. The van der Waals surface area contributed by atoms with Crippen LogP contribution in [0.3, 0.4) is 0 Å². The van der Waals surface area contributed by atoms with Crippen LogP contribution < -0.4 is 4.98 Å². The van der Waals surface area contributed by atoms with Gasteiger partial charge in [-0.15, -0.1) is 12.2 Å². The van der Waals surface area contributed by atoms with E-state index in [9.17, 15) is 0 Å². The van der Waals surface area contributed by atoms with E-state index in [1.807, 2.05) is 12.1 Å². The molecule has 0 aliphatic heterocycles. The first-order chi connectivity index (χ1) is 3.39. The van der Waals surface area contributed by atoms with Crippen LogP contribution >= 0.6 is 12.2 Å². The van der Waals surface area contributed by atoms with Crippen LogP contribution in [0.2, 0.25) is 0 Å². The van der Waals surface area contributed by atoms with Crippen LogP contribution in [-0.2, 0) is 19.5 Å². The molecule has 0 aromatic carbocycles. The molecule has 0 saturated heterocycles. The van der Waals surface area contributed by atoms with Crippen LogP contribution in [-0.4, -0.2) is 5.48 Å². The molecule has 2 N–H and O–H groups in total. The first kappa shape index (κ1) is 11.7. The molecule has 2 nitrogen and oxygen atoms in total. The SMILES string of the molecule is O.S=c1cccc[n-]1.[Zn]. The summed E-state index contributed by atoms with van der Waals surface area (Å²) in [6, 6.07) is 5.50. The minimum atomic E-state index is 0. The van der Waals surface area contributed by atoms with Crippen molar-refractivity contribution >= 4 is 12.2 Å². The largest absolute Gasteiger partial charge is 0.655 e. The van der Waals surface area contributed by atoms with E-state index in [4.69, 9.17) is 12.2 Å². The maximum atomic E-state index is 4.70.